The Hall–Kier alpha value is -0.870. The third-order valence-electron chi connectivity index (χ3n) is 2.47. The highest BCUT2D eigenvalue weighted by Crippen LogP contribution is 2.19. The molecule has 1 rings (SSSR count). The van der Waals surface area contributed by atoms with E-state index in [0.717, 1.165) is 0 Å². The molecule has 3 nitrogen and oxygen atoms in total. The van der Waals surface area contributed by atoms with E-state index >= 15 is 0 Å². The molecule has 0 aliphatic carbocycles. The highest BCUT2D eigenvalue weighted by molar-refractivity contribution is 7.89. The van der Waals surface area contributed by atoms with Crippen LogP contribution in [0.5, 0.6) is 0 Å². The average molecular weight is 255 g/mol. The van der Waals surface area contributed by atoms with E-state index in [-0.39, 0.29) is 6.04 Å². The molecule has 4 heteroatoms. The fourth-order valence-corrected chi connectivity index (χ4v) is 3.50. The Morgan fingerprint density at radius 1 is 1.06 bits per heavy atom. The smallest absolute Gasteiger partial charge is 0.207 e. The van der Waals surface area contributed by atoms with Gasteiger partial charge in [0, 0.05) is 12.6 Å². The molecule has 1 aromatic rings. The van der Waals surface area contributed by atoms with Crippen LogP contribution in [0.15, 0.2) is 35.2 Å². The van der Waals surface area contributed by atoms with Crippen LogP contribution in [-0.4, -0.2) is 25.3 Å². The zero-order valence-corrected chi connectivity index (χ0v) is 11.7. The highest BCUT2D eigenvalue weighted by atomic mass is 32.2. The number of hydrogen-bond donors (Lipinski definition) is 0. The maximum absolute atomic E-state index is 12.4. The minimum Gasteiger partial charge on any atom is -0.207 e. The van der Waals surface area contributed by atoms with Crippen LogP contribution >= 0.6 is 0 Å². The third kappa shape index (κ3) is 3.54. The lowest BCUT2D eigenvalue weighted by atomic mass is 10.2. The molecule has 0 amide bonds. The Kier molecular flexibility index (Phi) is 4.71. The van der Waals surface area contributed by atoms with Gasteiger partial charge in [0.1, 0.15) is 0 Å². The van der Waals surface area contributed by atoms with Crippen LogP contribution in [0, 0.1) is 5.92 Å². The molecule has 0 N–H and O–H groups in total. The first-order chi connectivity index (χ1) is 7.85. The van der Waals surface area contributed by atoms with Crippen LogP contribution in [0.2, 0.25) is 0 Å². The van der Waals surface area contributed by atoms with E-state index in [1.165, 1.54) is 0 Å². The molecule has 0 aliphatic rings. The first-order valence-electron chi connectivity index (χ1n) is 5.92. The van der Waals surface area contributed by atoms with Gasteiger partial charge in [-0.15, -0.1) is 0 Å². The zero-order valence-electron chi connectivity index (χ0n) is 10.9. The molecule has 96 valence electrons. The lowest BCUT2D eigenvalue weighted by molar-refractivity contribution is 0.319. The highest BCUT2D eigenvalue weighted by Gasteiger charge is 2.27. The molecule has 0 unspecified atom stereocenters. The lowest BCUT2D eigenvalue weighted by Gasteiger charge is -2.27. The Bertz CT molecular complexity index is 438. The summed E-state index contributed by atoms with van der Waals surface area (Å²) < 4.78 is 26.4. The molecule has 0 aromatic heterocycles. The second kappa shape index (κ2) is 5.65. The third-order valence-corrected chi connectivity index (χ3v) is 4.53. The van der Waals surface area contributed by atoms with Crippen molar-refractivity contribution in [2.24, 2.45) is 5.92 Å². The molecule has 0 radical (unpaired) electrons. The summed E-state index contributed by atoms with van der Waals surface area (Å²) in [6.45, 7) is 8.41. The summed E-state index contributed by atoms with van der Waals surface area (Å²) in [6.07, 6.45) is 0. The van der Waals surface area contributed by atoms with E-state index in [2.05, 4.69) is 0 Å². The minimum absolute atomic E-state index is 0.0254. The van der Waals surface area contributed by atoms with E-state index in [0.29, 0.717) is 17.4 Å². The summed E-state index contributed by atoms with van der Waals surface area (Å²) in [4.78, 5) is 0.370. The van der Waals surface area contributed by atoms with Gasteiger partial charge in [0.15, 0.2) is 0 Å². The van der Waals surface area contributed by atoms with Crippen molar-refractivity contribution >= 4 is 10.0 Å². The Morgan fingerprint density at radius 2 is 1.59 bits per heavy atom. The Balaban J connectivity index is 3.10. The van der Waals surface area contributed by atoms with Crippen molar-refractivity contribution in [2.45, 2.75) is 38.6 Å². The standard InChI is InChI=1S/C13H21NO2S/c1-11(2)10-14(12(3)4)17(15,16)13-8-6-5-7-9-13/h5-9,11-12H,10H2,1-4H3. The topological polar surface area (TPSA) is 37.4 Å². The van der Waals surface area contributed by atoms with E-state index < -0.39 is 10.0 Å². The molecule has 0 heterocycles. The minimum atomic E-state index is -3.36. The van der Waals surface area contributed by atoms with Crippen LogP contribution in [0.4, 0.5) is 0 Å². The first-order valence-corrected chi connectivity index (χ1v) is 7.36. The summed E-state index contributed by atoms with van der Waals surface area (Å²) in [5, 5.41) is 0. The quantitative estimate of drug-likeness (QED) is 0.811. The van der Waals surface area contributed by atoms with Crippen molar-refractivity contribution in [3.63, 3.8) is 0 Å². The largest absolute Gasteiger partial charge is 0.243 e. The van der Waals surface area contributed by atoms with Gasteiger partial charge in [0.05, 0.1) is 4.90 Å². The van der Waals surface area contributed by atoms with E-state index in [1.807, 2.05) is 33.8 Å². The van der Waals surface area contributed by atoms with Gasteiger partial charge in [-0.1, -0.05) is 32.0 Å². The van der Waals surface area contributed by atoms with Gasteiger partial charge >= 0.3 is 0 Å². The molecule has 0 saturated heterocycles. The van der Waals surface area contributed by atoms with Crippen molar-refractivity contribution in [1.29, 1.82) is 0 Å². The van der Waals surface area contributed by atoms with Crippen molar-refractivity contribution in [1.82, 2.24) is 4.31 Å². The van der Waals surface area contributed by atoms with Crippen LogP contribution in [-0.2, 0) is 10.0 Å². The van der Waals surface area contributed by atoms with Crippen molar-refractivity contribution in [2.75, 3.05) is 6.54 Å². The normalized spacial score (nSPS) is 12.6. The summed E-state index contributed by atoms with van der Waals surface area (Å²) in [5.41, 5.74) is 0. The maximum Gasteiger partial charge on any atom is 0.243 e. The summed E-state index contributed by atoms with van der Waals surface area (Å²) in [6, 6.07) is 8.58. The van der Waals surface area contributed by atoms with Crippen LogP contribution in [0.25, 0.3) is 0 Å². The molecule has 0 spiro atoms. The Morgan fingerprint density at radius 3 is 2.00 bits per heavy atom. The second-order valence-corrected chi connectivity index (χ2v) is 6.77. The summed E-state index contributed by atoms with van der Waals surface area (Å²) >= 11 is 0. The molecule has 17 heavy (non-hydrogen) atoms. The van der Waals surface area contributed by atoms with Gasteiger partial charge < -0.3 is 0 Å². The van der Waals surface area contributed by atoms with Crippen molar-refractivity contribution in [3.8, 4) is 0 Å². The van der Waals surface area contributed by atoms with Gasteiger partial charge in [-0.25, -0.2) is 8.42 Å². The number of rotatable bonds is 5. The molecule has 0 bridgehead atoms. The van der Waals surface area contributed by atoms with E-state index in [1.54, 1.807) is 28.6 Å². The second-order valence-electron chi connectivity index (χ2n) is 4.88. The monoisotopic (exact) mass is 255 g/mol. The maximum atomic E-state index is 12.4. The fraction of sp³-hybridized carbons (Fsp3) is 0.538. The zero-order chi connectivity index (χ0) is 13.1. The molecular formula is C13H21NO2S. The molecular weight excluding hydrogens is 234 g/mol. The van der Waals surface area contributed by atoms with Gasteiger partial charge in [-0.3, -0.25) is 0 Å². The fourth-order valence-electron chi connectivity index (χ4n) is 1.67. The van der Waals surface area contributed by atoms with E-state index in [4.69, 9.17) is 0 Å². The van der Waals surface area contributed by atoms with Gasteiger partial charge in [-0.2, -0.15) is 4.31 Å². The predicted molar refractivity (Wildman–Crippen MR) is 70.3 cm³/mol. The van der Waals surface area contributed by atoms with Gasteiger partial charge in [-0.05, 0) is 31.9 Å². The SMILES string of the molecule is CC(C)CN(C(C)C)S(=O)(=O)c1ccccc1. The molecule has 0 aliphatic heterocycles. The van der Waals surface area contributed by atoms with Crippen LogP contribution < -0.4 is 0 Å². The van der Waals surface area contributed by atoms with E-state index in [9.17, 15) is 8.42 Å². The van der Waals surface area contributed by atoms with Gasteiger partial charge in [0.25, 0.3) is 0 Å². The molecule has 1 aromatic carbocycles. The lowest BCUT2D eigenvalue weighted by Crippen LogP contribution is -2.39. The Labute approximate surface area is 105 Å². The number of nitrogens with zero attached hydrogens (tertiary/aromatic N) is 1. The molecule has 0 fully saturated rings. The van der Waals surface area contributed by atoms with Crippen molar-refractivity contribution in [3.05, 3.63) is 30.3 Å². The summed E-state index contributed by atoms with van der Waals surface area (Å²) in [5.74, 6) is 0.316. The molecule has 0 saturated carbocycles. The number of benzene rings is 1. The average Bonchev–Trinajstić information content (AvgIpc) is 2.26. The number of sulfonamides is 1. The van der Waals surface area contributed by atoms with Crippen molar-refractivity contribution < 1.29 is 8.42 Å². The number of hydrogen-bond acceptors (Lipinski definition) is 2. The van der Waals surface area contributed by atoms with Crippen LogP contribution in [0.1, 0.15) is 27.7 Å². The van der Waals surface area contributed by atoms with Gasteiger partial charge in [0.2, 0.25) is 10.0 Å². The summed E-state index contributed by atoms with van der Waals surface area (Å²) in [7, 11) is -3.36. The van der Waals surface area contributed by atoms with Crippen LogP contribution in [0.3, 0.4) is 0 Å². The molecule has 0 atom stereocenters. The first kappa shape index (κ1) is 14.2. The predicted octanol–water partition coefficient (Wildman–Crippen LogP) is 2.74.